The summed E-state index contributed by atoms with van der Waals surface area (Å²) in [5.74, 6) is 3.89. The molecule has 0 saturated heterocycles. The number of hydrogen-bond acceptors (Lipinski definition) is 2. The summed E-state index contributed by atoms with van der Waals surface area (Å²) in [6.07, 6.45) is 21.8. The van der Waals surface area contributed by atoms with Crippen LogP contribution in [0, 0.1) is 35.0 Å². The van der Waals surface area contributed by atoms with E-state index in [4.69, 9.17) is 15.4 Å². The first-order valence-corrected chi connectivity index (χ1v) is 24.1. The molecule has 0 aromatic carbocycles. The first-order valence-electron chi connectivity index (χ1n) is 18.3. The van der Waals surface area contributed by atoms with E-state index in [1.165, 1.54) is 56.1 Å². The lowest BCUT2D eigenvalue weighted by Crippen LogP contribution is -2.49. The van der Waals surface area contributed by atoms with E-state index in [2.05, 4.69) is 113 Å². The molecule has 4 aliphatic rings. The van der Waals surface area contributed by atoms with Gasteiger partial charge in [-0.3, -0.25) is 0 Å². The molecule has 0 N–H and O–H groups in total. The Balaban J connectivity index is 1.57. The Morgan fingerprint density at radius 2 is 1.43 bits per heavy atom. The predicted molar refractivity (Wildman–Crippen MR) is 197 cm³/mol. The van der Waals surface area contributed by atoms with Gasteiger partial charge in [0.15, 0.2) is 16.6 Å². The highest BCUT2D eigenvalue weighted by molar-refractivity contribution is 6.74. The first kappa shape index (κ1) is 36.2. The molecule has 0 heterocycles. The zero-order valence-corrected chi connectivity index (χ0v) is 33.2. The van der Waals surface area contributed by atoms with Crippen LogP contribution in [0.5, 0.6) is 0 Å². The minimum absolute atomic E-state index is 0.0437. The summed E-state index contributed by atoms with van der Waals surface area (Å²) in [7, 11) is -3.87. The van der Waals surface area contributed by atoms with Gasteiger partial charge in [0.2, 0.25) is 0 Å². The summed E-state index contributed by atoms with van der Waals surface area (Å²) in [5, 5.41) is 0.358. The van der Waals surface area contributed by atoms with Crippen LogP contribution in [0.25, 0.3) is 0 Å². The van der Waals surface area contributed by atoms with Crippen molar-refractivity contribution in [2.45, 2.75) is 169 Å². The van der Waals surface area contributed by atoms with E-state index in [0.29, 0.717) is 17.3 Å². The predicted octanol–water partition coefficient (Wildman–Crippen LogP) is 12.4. The Labute approximate surface area is 275 Å². The summed E-state index contributed by atoms with van der Waals surface area (Å²) < 4.78 is 14.2. The molecule has 4 heteroatoms. The van der Waals surface area contributed by atoms with Gasteiger partial charge in [-0.1, -0.05) is 98.8 Å². The Hall–Kier alpha value is -0.686. The largest absolute Gasteiger partial charge is 0.413 e. The monoisotopic (exact) mass is 638 g/mol. The highest BCUT2D eigenvalue weighted by atomic mass is 28.4. The van der Waals surface area contributed by atoms with Crippen molar-refractivity contribution in [2.75, 3.05) is 0 Å². The van der Waals surface area contributed by atoms with Gasteiger partial charge in [-0.15, -0.1) is 0 Å². The average Bonchev–Trinajstić information content (AvgIpc) is 3.68. The molecule has 0 aliphatic heterocycles. The summed E-state index contributed by atoms with van der Waals surface area (Å²) in [4.78, 5) is 0. The SMILES string of the molecule is C=C1/C(=C/C=C2\CCC[C@]3(C)[C@@H]([C@H](C)/C=C/[C@H](C)C4CC4)CC[C@@H]23)C[C@@H](O[Si](C)(C)C(C)(C)C)C[C@@H]1O[Si](C)(C)C(C)(C)C. The molecule has 0 aromatic heterocycles. The van der Waals surface area contributed by atoms with Gasteiger partial charge in [0.05, 0.1) is 12.2 Å². The summed E-state index contributed by atoms with van der Waals surface area (Å²) in [5.41, 5.74) is 4.68. The van der Waals surface area contributed by atoms with Gasteiger partial charge in [-0.2, -0.15) is 0 Å². The van der Waals surface area contributed by atoms with Crippen molar-refractivity contribution in [3.8, 4) is 0 Å². The lowest BCUT2D eigenvalue weighted by atomic mass is 9.61. The van der Waals surface area contributed by atoms with Crippen LogP contribution >= 0.6 is 0 Å². The maximum atomic E-state index is 7.10. The molecule has 44 heavy (non-hydrogen) atoms. The summed E-state index contributed by atoms with van der Waals surface area (Å²) >= 11 is 0. The van der Waals surface area contributed by atoms with Crippen molar-refractivity contribution >= 4 is 16.6 Å². The van der Waals surface area contributed by atoms with Crippen LogP contribution in [0.3, 0.4) is 0 Å². The Bertz CT molecular complexity index is 1120. The minimum Gasteiger partial charge on any atom is -0.413 e. The van der Waals surface area contributed by atoms with Crippen molar-refractivity contribution in [3.63, 3.8) is 0 Å². The van der Waals surface area contributed by atoms with Gasteiger partial charge >= 0.3 is 0 Å². The molecule has 0 amide bonds. The van der Waals surface area contributed by atoms with Crippen LogP contribution in [-0.4, -0.2) is 28.8 Å². The molecular weight excluding hydrogens is 569 g/mol. The molecule has 4 aliphatic carbocycles. The summed E-state index contributed by atoms with van der Waals surface area (Å²) in [6.45, 7) is 35.9. The molecule has 0 bridgehead atoms. The fraction of sp³-hybridized carbons (Fsp3) is 0.800. The smallest absolute Gasteiger partial charge is 0.192 e. The van der Waals surface area contributed by atoms with Crippen LogP contribution in [0.2, 0.25) is 36.3 Å². The third-order valence-electron chi connectivity index (χ3n) is 13.5. The molecule has 4 saturated carbocycles. The fourth-order valence-corrected chi connectivity index (χ4v) is 10.8. The van der Waals surface area contributed by atoms with E-state index in [0.717, 1.165) is 30.6 Å². The fourth-order valence-electron chi connectivity index (χ4n) is 8.17. The lowest BCUT2D eigenvalue weighted by Gasteiger charge is -2.45. The standard InChI is InChI=1S/C40H70O2Si2/c1-28(31-19-20-31)17-18-29(2)35-23-24-36-32(16-15-25-40(35,36)10)21-22-33-26-34(41-43(11,12)38(4,5)6)27-37(30(33)3)42-44(13,14)39(7,8)9/h17-18,21-22,28-29,31,34-37H,3,15-16,19-20,23-27H2,1-2,4-14H3/b18-17+,32-21+,33-22+/t28-,29+,34+,35+,36-,37-,40+/m0/s1. The Morgan fingerprint density at radius 3 is 2.02 bits per heavy atom. The highest BCUT2D eigenvalue weighted by Crippen LogP contribution is 2.59. The molecule has 4 fully saturated rings. The molecule has 0 unspecified atom stereocenters. The van der Waals surface area contributed by atoms with Crippen LogP contribution < -0.4 is 0 Å². The molecule has 0 radical (unpaired) electrons. The van der Waals surface area contributed by atoms with Gasteiger partial charge in [0.1, 0.15) is 0 Å². The molecular formula is C40H70O2Si2. The Morgan fingerprint density at radius 1 is 0.841 bits per heavy atom. The topological polar surface area (TPSA) is 18.5 Å². The third-order valence-corrected chi connectivity index (χ3v) is 22.5. The van der Waals surface area contributed by atoms with Gasteiger partial charge in [0, 0.05) is 6.42 Å². The van der Waals surface area contributed by atoms with Gasteiger partial charge in [-0.25, -0.2) is 0 Å². The molecule has 250 valence electrons. The van der Waals surface area contributed by atoms with Crippen molar-refractivity contribution < 1.29 is 8.85 Å². The van der Waals surface area contributed by atoms with Gasteiger partial charge in [-0.05, 0) is 134 Å². The van der Waals surface area contributed by atoms with Gasteiger partial charge in [0.25, 0.3) is 0 Å². The van der Waals surface area contributed by atoms with E-state index in [9.17, 15) is 0 Å². The maximum absolute atomic E-state index is 7.10. The van der Waals surface area contributed by atoms with Crippen molar-refractivity contribution in [1.29, 1.82) is 0 Å². The maximum Gasteiger partial charge on any atom is 0.192 e. The average molecular weight is 639 g/mol. The zero-order chi connectivity index (χ0) is 32.9. The molecule has 2 nitrogen and oxygen atoms in total. The second-order valence-corrected chi connectivity index (χ2v) is 28.3. The zero-order valence-electron chi connectivity index (χ0n) is 31.2. The number of allylic oxidation sites excluding steroid dienone is 5. The van der Waals surface area contributed by atoms with Crippen molar-refractivity contribution in [2.24, 2.45) is 35.0 Å². The van der Waals surface area contributed by atoms with E-state index < -0.39 is 16.6 Å². The highest BCUT2D eigenvalue weighted by Gasteiger charge is 2.50. The lowest BCUT2D eigenvalue weighted by molar-refractivity contribution is 0.0969. The third kappa shape index (κ3) is 7.88. The normalized spacial score (nSPS) is 34.2. The molecule has 7 atom stereocenters. The van der Waals surface area contributed by atoms with Crippen LogP contribution in [-0.2, 0) is 8.85 Å². The van der Waals surface area contributed by atoms with Gasteiger partial charge < -0.3 is 8.85 Å². The first-order chi connectivity index (χ1) is 20.2. The van der Waals surface area contributed by atoms with Crippen molar-refractivity contribution in [1.82, 2.24) is 0 Å². The van der Waals surface area contributed by atoms with Crippen LogP contribution in [0.1, 0.15) is 120 Å². The molecule has 0 spiro atoms. The summed E-state index contributed by atoms with van der Waals surface area (Å²) in [6, 6.07) is 0. The van der Waals surface area contributed by atoms with E-state index >= 15 is 0 Å². The van der Waals surface area contributed by atoms with Crippen LogP contribution in [0.4, 0.5) is 0 Å². The van der Waals surface area contributed by atoms with E-state index in [-0.39, 0.29) is 22.3 Å². The second-order valence-electron chi connectivity index (χ2n) is 18.8. The minimum atomic E-state index is -1.96. The van der Waals surface area contributed by atoms with Crippen molar-refractivity contribution in [3.05, 3.63) is 47.6 Å². The number of fused-ring (bicyclic) bond motifs is 1. The second kappa shape index (κ2) is 13.1. The van der Waals surface area contributed by atoms with Crippen LogP contribution in [0.15, 0.2) is 47.6 Å². The Kier molecular flexibility index (Phi) is 10.7. The molecule has 0 aromatic rings. The van der Waals surface area contributed by atoms with E-state index in [1.54, 1.807) is 5.57 Å². The number of rotatable bonds is 9. The molecule has 4 rings (SSSR count). The quantitative estimate of drug-likeness (QED) is 0.185. The van der Waals surface area contributed by atoms with E-state index in [1.807, 2.05) is 0 Å². The number of hydrogen-bond donors (Lipinski definition) is 0.